The number of para-hydroxylation sites is 1. The first-order valence-electron chi connectivity index (χ1n) is 7.34. The van der Waals surface area contributed by atoms with Gasteiger partial charge < -0.3 is 4.57 Å². The van der Waals surface area contributed by atoms with Gasteiger partial charge in [-0.05, 0) is 58.1 Å². The van der Waals surface area contributed by atoms with Crippen LogP contribution in [0, 0.1) is 0 Å². The highest BCUT2D eigenvalue weighted by molar-refractivity contribution is 7.80. The van der Waals surface area contributed by atoms with E-state index in [1.54, 1.807) is 0 Å². The molecule has 6 heteroatoms. The van der Waals surface area contributed by atoms with E-state index in [2.05, 4.69) is 14.6 Å². The number of allylic oxidation sites excluding steroid dienone is 1. The van der Waals surface area contributed by atoms with Crippen molar-refractivity contribution in [2.24, 2.45) is 9.98 Å². The molecule has 0 saturated heterocycles. The molecule has 2 heterocycles. The number of rotatable bonds is 2. The molecule has 1 aliphatic heterocycles. The molecule has 0 saturated carbocycles. The topological polar surface area (TPSA) is 42.5 Å². The van der Waals surface area contributed by atoms with E-state index >= 15 is 0 Å². The Morgan fingerprint density at radius 3 is 2.48 bits per heavy atom. The van der Waals surface area contributed by atoms with Gasteiger partial charge in [0.1, 0.15) is 17.4 Å². The lowest BCUT2D eigenvalue weighted by Crippen LogP contribution is -2.29. The molecule has 2 aromatic rings. The van der Waals surface area contributed by atoms with E-state index in [-0.39, 0.29) is 6.04 Å². The minimum absolute atomic E-state index is 0.101. The molecular weight excluding hydrogens is 328 g/mol. The summed E-state index contributed by atoms with van der Waals surface area (Å²) in [5, 5.41) is 1.02. The molecule has 1 aromatic carbocycles. The Balaban J connectivity index is 2.33. The fraction of sp³-hybridized carbons (Fsp3) is 0.294. The van der Waals surface area contributed by atoms with Gasteiger partial charge in [-0.2, -0.15) is 0 Å². The first kappa shape index (κ1) is 16.0. The van der Waals surface area contributed by atoms with Crippen LogP contribution in [0.5, 0.6) is 0 Å². The van der Waals surface area contributed by atoms with Crippen molar-refractivity contribution < 1.29 is 0 Å². The molecule has 118 valence electrons. The van der Waals surface area contributed by atoms with Gasteiger partial charge >= 0.3 is 0 Å². The molecule has 0 atom stereocenters. The van der Waals surface area contributed by atoms with E-state index in [0.29, 0.717) is 10.1 Å². The van der Waals surface area contributed by atoms with E-state index in [9.17, 15) is 0 Å². The maximum atomic E-state index is 6.34. The summed E-state index contributed by atoms with van der Waals surface area (Å²) < 4.78 is 2.13. The first-order chi connectivity index (χ1) is 10.9. The lowest BCUT2D eigenvalue weighted by molar-refractivity contribution is 0.794. The van der Waals surface area contributed by atoms with Crippen LogP contribution in [0.2, 0.25) is 5.02 Å². The summed E-state index contributed by atoms with van der Waals surface area (Å²) in [5.41, 5.74) is 4.73. The fourth-order valence-electron chi connectivity index (χ4n) is 2.86. The Morgan fingerprint density at radius 2 is 1.87 bits per heavy atom. The summed E-state index contributed by atoms with van der Waals surface area (Å²) in [6, 6.07) is 5.70. The highest BCUT2D eigenvalue weighted by Gasteiger charge is 2.27. The van der Waals surface area contributed by atoms with E-state index in [1.165, 1.54) is 0 Å². The summed E-state index contributed by atoms with van der Waals surface area (Å²) in [6.45, 7) is 8.03. The van der Waals surface area contributed by atoms with Crippen LogP contribution in [-0.2, 0) is 0 Å². The number of imidazole rings is 1. The predicted molar refractivity (Wildman–Crippen MR) is 102 cm³/mol. The summed E-state index contributed by atoms with van der Waals surface area (Å²) in [5.74, 6) is 0.843. The minimum Gasteiger partial charge on any atom is -0.310 e. The molecule has 0 unspecified atom stereocenters. The Morgan fingerprint density at radius 1 is 1.22 bits per heavy atom. The van der Waals surface area contributed by atoms with Gasteiger partial charge in [0, 0.05) is 11.4 Å². The van der Waals surface area contributed by atoms with Crippen LogP contribution in [0.15, 0.2) is 33.8 Å². The van der Waals surface area contributed by atoms with Crippen LogP contribution >= 0.6 is 23.8 Å². The second kappa shape index (κ2) is 5.98. The van der Waals surface area contributed by atoms with Crippen molar-refractivity contribution in [1.82, 2.24) is 9.55 Å². The van der Waals surface area contributed by atoms with Crippen molar-refractivity contribution in [2.45, 2.75) is 33.7 Å². The SMILES string of the molecule is CC(C)=Cc1nc2c(Cl)cccc2n1C1C(C)=NC(=S)N=C1C. The maximum absolute atomic E-state index is 6.34. The lowest BCUT2D eigenvalue weighted by atomic mass is 10.1. The van der Waals surface area contributed by atoms with Gasteiger partial charge in [0.05, 0.1) is 10.5 Å². The van der Waals surface area contributed by atoms with E-state index in [1.807, 2.05) is 52.0 Å². The lowest BCUT2D eigenvalue weighted by Gasteiger charge is -2.24. The van der Waals surface area contributed by atoms with Gasteiger partial charge in [0.25, 0.3) is 0 Å². The molecule has 23 heavy (non-hydrogen) atoms. The first-order valence-corrected chi connectivity index (χ1v) is 8.13. The Labute approximate surface area is 145 Å². The standard InChI is InChI=1S/C17H17ClN4S/c1-9(2)8-14-21-15-12(18)6-5-7-13(15)22(14)16-10(3)19-17(23)20-11(16)4/h5-8,16H,1-4H3. The largest absolute Gasteiger partial charge is 0.310 e. The van der Waals surface area contributed by atoms with Crippen molar-refractivity contribution >= 4 is 57.5 Å². The number of halogens is 1. The van der Waals surface area contributed by atoms with Crippen molar-refractivity contribution in [3.63, 3.8) is 0 Å². The van der Waals surface area contributed by atoms with Crippen LogP contribution in [0.3, 0.4) is 0 Å². The second-order valence-corrected chi connectivity index (χ2v) is 6.63. The molecule has 0 bridgehead atoms. The van der Waals surface area contributed by atoms with Crippen molar-refractivity contribution in [2.75, 3.05) is 0 Å². The number of aliphatic imine (C=N–C) groups is 2. The number of thiocarbonyl (C=S) groups is 1. The molecule has 0 N–H and O–H groups in total. The number of fused-ring (bicyclic) bond motifs is 1. The van der Waals surface area contributed by atoms with Gasteiger partial charge in [-0.25, -0.2) is 15.0 Å². The Bertz CT molecular complexity index is 879. The van der Waals surface area contributed by atoms with Crippen molar-refractivity contribution in [1.29, 1.82) is 0 Å². The van der Waals surface area contributed by atoms with Crippen LogP contribution in [0.1, 0.15) is 39.6 Å². The van der Waals surface area contributed by atoms with E-state index in [0.717, 1.165) is 33.9 Å². The zero-order valence-corrected chi connectivity index (χ0v) is 15.0. The third-order valence-electron chi connectivity index (χ3n) is 3.71. The van der Waals surface area contributed by atoms with Crippen molar-refractivity contribution in [3.05, 3.63) is 34.6 Å². The summed E-state index contributed by atoms with van der Waals surface area (Å²) >= 11 is 11.5. The normalized spacial score (nSPS) is 15.6. The fourth-order valence-corrected chi connectivity index (χ4v) is 3.36. The highest BCUT2D eigenvalue weighted by Crippen LogP contribution is 2.30. The average molecular weight is 345 g/mol. The van der Waals surface area contributed by atoms with Crippen molar-refractivity contribution in [3.8, 4) is 0 Å². The van der Waals surface area contributed by atoms with Gasteiger partial charge in [0.2, 0.25) is 5.11 Å². The Kier molecular flexibility index (Phi) is 4.17. The molecule has 0 fully saturated rings. The Hall–Kier alpha value is -1.85. The molecule has 0 aliphatic carbocycles. The average Bonchev–Trinajstić information content (AvgIpc) is 2.77. The predicted octanol–water partition coefficient (Wildman–Crippen LogP) is 4.87. The molecule has 3 rings (SSSR count). The molecule has 1 aromatic heterocycles. The summed E-state index contributed by atoms with van der Waals surface area (Å²) in [6.07, 6.45) is 2.05. The molecule has 4 nitrogen and oxygen atoms in total. The smallest absolute Gasteiger partial charge is 0.219 e. The molecule has 0 spiro atoms. The molecule has 1 aliphatic rings. The van der Waals surface area contributed by atoms with E-state index in [4.69, 9.17) is 28.8 Å². The minimum atomic E-state index is -0.101. The molecule has 0 amide bonds. The third-order valence-corrected chi connectivity index (χ3v) is 4.20. The molecular formula is C17H17ClN4S. The molecule has 0 radical (unpaired) electrons. The van der Waals surface area contributed by atoms with Gasteiger partial charge in [-0.15, -0.1) is 0 Å². The zero-order valence-electron chi connectivity index (χ0n) is 13.5. The van der Waals surface area contributed by atoms with Crippen LogP contribution in [-0.4, -0.2) is 26.1 Å². The highest BCUT2D eigenvalue weighted by atomic mass is 35.5. The number of nitrogens with zero attached hydrogens (tertiary/aromatic N) is 4. The van der Waals surface area contributed by atoms with Crippen LogP contribution in [0.4, 0.5) is 0 Å². The van der Waals surface area contributed by atoms with E-state index < -0.39 is 0 Å². The van der Waals surface area contributed by atoms with Crippen LogP contribution < -0.4 is 0 Å². The zero-order chi connectivity index (χ0) is 16.7. The maximum Gasteiger partial charge on any atom is 0.219 e. The summed E-state index contributed by atoms with van der Waals surface area (Å²) in [7, 11) is 0. The monoisotopic (exact) mass is 344 g/mol. The number of hydrogen-bond acceptors (Lipinski definition) is 2. The van der Waals surface area contributed by atoms with Gasteiger partial charge in [-0.1, -0.05) is 23.2 Å². The quantitative estimate of drug-likeness (QED) is 0.729. The number of aromatic nitrogens is 2. The second-order valence-electron chi connectivity index (χ2n) is 5.86. The van der Waals surface area contributed by atoms with Gasteiger partial charge in [0.15, 0.2) is 0 Å². The summed E-state index contributed by atoms with van der Waals surface area (Å²) in [4.78, 5) is 13.5. The number of hydrogen-bond donors (Lipinski definition) is 0. The van der Waals surface area contributed by atoms with Crippen LogP contribution in [0.25, 0.3) is 17.1 Å². The third kappa shape index (κ3) is 2.86. The number of benzene rings is 1. The van der Waals surface area contributed by atoms with Gasteiger partial charge in [-0.3, -0.25) is 0 Å².